The number of hydrogen-bond donors (Lipinski definition) is 2. The summed E-state index contributed by atoms with van der Waals surface area (Å²) in [6.07, 6.45) is 1.28. The lowest BCUT2D eigenvalue weighted by molar-refractivity contribution is -0.116. The smallest absolute Gasteiger partial charge is 0.239 e. The van der Waals surface area contributed by atoms with Crippen LogP contribution in [-0.4, -0.2) is 22.0 Å². The number of thioether (sulfide) groups is 1. The normalized spacial score (nSPS) is 11.7. The van der Waals surface area contributed by atoms with Gasteiger partial charge in [0.05, 0.1) is 10.9 Å². The summed E-state index contributed by atoms with van der Waals surface area (Å²) in [4.78, 5) is 29.8. The van der Waals surface area contributed by atoms with Gasteiger partial charge in [-0.25, -0.2) is 4.98 Å². The number of halogens is 1. The number of rotatable bonds is 8. The van der Waals surface area contributed by atoms with Crippen LogP contribution in [0, 0.1) is 0 Å². The maximum Gasteiger partial charge on any atom is 0.239 e. The Bertz CT molecular complexity index is 1040. The number of anilines is 2. The zero-order valence-corrected chi connectivity index (χ0v) is 19.0. The van der Waals surface area contributed by atoms with Gasteiger partial charge in [0.1, 0.15) is 0 Å². The lowest BCUT2D eigenvalue weighted by Gasteiger charge is -2.12. The fourth-order valence-electron chi connectivity index (χ4n) is 2.69. The molecule has 0 aliphatic rings. The summed E-state index contributed by atoms with van der Waals surface area (Å²) in [5, 5.41) is 8.44. The Labute approximate surface area is 189 Å². The number of thiazole rings is 1. The van der Waals surface area contributed by atoms with Crippen LogP contribution < -0.4 is 10.6 Å². The third-order valence-electron chi connectivity index (χ3n) is 4.16. The highest BCUT2D eigenvalue weighted by Crippen LogP contribution is 2.31. The van der Waals surface area contributed by atoms with E-state index in [1.54, 1.807) is 0 Å². The topological polar surface area (TPSA) is 71.1 Å². The number of hydrogen-bond acceptors (Lipinski definition) is 5. The summed E-state index contributed by atoms with van der Waals surface area (Å²) >= 11 is 9.01. The maximum atomic E-state index is 12.6. The van der Waals surface area contributed by atoms with Gasteiger partial charge in [0, 0.05) is 33.0 Å². The van der Waals surface area contributed by atoms with Gasteiger partial charge in [-0.15, -0.1) is 23.1 Å². The molecule has 1 atom stereocenters. The van der Waals surface area contributed by atoms with Gasteiger partial charge in [0.2, 0.25) is 11.8 Å². The Balaban J connectivity index is 1.60. The van der Waals surface area contributed by atoms with E-state index in [9.17, 15) is 9.59 Å². The molecule has 0 aliphatic heterocycles. The molecule has 30 heavy (non-hydrogen) atoms. The monoisotopic (exact) mass is 459 g/mol. The van der Waals surface area contributed by atoms with Crippen molar-refractivity contribution in [1.29, 1.82) is 0 Å². The van der Waals surface area contributed by atoms with E-state index in [4.69, 9.17) is 11.6 Å². The Morgan fingerprint density at radius 1 is 1.17 bits per heavy atom. The average Bonchev–Trinajstić information content (AvgIpc) is 3.17. The van der Waals surface area contributed by atoms with Crippen LogP contribution in [0.5, 0.6) is 0 Å². The average molecular weight is 460 g/mol. The van der Waals surface area contributed by atoms with Crippen molar-refractivity contribution in [2.45, 2.75) is 36.8 Å². The third kappa shape index (κ3) is 6.08. The van der Waals surface area contributed by atoms with Crippen molar-refractivity contribution in [2.24, 2.45) is 0 Å². The predicted octanol–water partition coefficient (Wildman–Crippen LogP) is 6.32. The van der Waals surface area contributed by atoms with Crippen molar-refractivity contribution < 1.29 is 9.59 Å². The second kappa shape index (κ2) is 10.6. The second-order valence-corrected chi connectivity index (χ2v) is 9.27. The van der Waals surface area contributed by atoms with Crippen molar-refractivity contribution in [2.75, 3.05) is 10.6 Å². The molecule has 3 rings (SSSR count). The van der Waals surface area contributed by atoms with Gasteiger partial charge < -0.3 is 10.6 Å². The van der Waals surface area contributed by atoms with Crippen LogP contribution >= 0.6 is 34.7 Å². The molecule has 1 heterocycles. The van der Waals surface area contributed by atoms with E-state index in [0.717, 1.165) is 28.3 Å². The molecule has 0 spiro atoms. The summed E-state index contributed by atoms with van der Waals surface area (Å²) in [7, 11) is 0. The predicted molar refractivity (Wildman–Crippen MR) is 126 cm³/mol. The fraction of sp³-hybridized carbons (Fsp3) is 0.227. The molecule has 0 radical (unpaired) electrons. The highest BCUT2D eigenvalue weighted by atomic mass is 35.5. The van der Waals surface area contributed by atoms with Crippen molar-refractivity contribution >= 4 is 57.3 Å². The first-order chi connectivity index (χ1) is 14.5. The molecule has 156 valence electrons. The summed E-state index contributed by atoms with van der Waals surface area (Å²) in [6.45, 7) is 3.80. The highest BCUT2D eigenvalue weighted by Gasteiger charge is 2.17. The molecule has 0 aliphatic carbocycles. The number of carbonyl (C=O) groups is 2. The molecule has 2 aromatic carbocycles. The van der Waals surface area contributed by atoms with E-state index < -0.39 is 0 Å². The minimum absolute atomic E-state index is 0.0106. The Kier molecular flexibility index (Phi) is 7.90. The van der Waals surface area contributed by atoms with Gasteiger partial charge in [-0.05, 0) is 37.6 Å². The first-order valence-electron chi connectivity index (χ1n) is 9.54. The lowest BCUT2D eigenvalue weighted by Crippen LogP contribution is -2.22. The molecule has 5 nitrogen and oxygen atoms in total. The molecule has 0 bridgehead atoms. The second-order valence-electron chi connectivity index (χ2n) is 6.59. The van der Waals surface area contributed by atoms with Gasteiger partial charge in [-0.1, -0.05) is 42.8 Å². The largest absolute Gasteiger partial charge is 0.326 e. The number of carbonyl (C=O) groups excluding carboxylic acids is 2. The van der Waals surface area contributed by atoms with E-state index in [0.29, 0.717) is 16.6 Å². The van der Waals surface area contributed by atoms with E-state index in [2.05, 4.69) is 15.6 Å². The summed E-state index contributed by atoms with van der Waals surface area (Å²) in [5.74, 6) is -0.149. The van der Waals surface area contributed by atoms with Crippen molar-refractivity contribution in [3.8, 4) is 11.3 Å². The van der Waals surface area contributed by atoms with Gasteiger partial charge in [-0.2, -0.15) is 0 Å². The van der Waals surface area contributed by atoms with Crippen LogP contribution in [0.1, 0.15) is 26.7 Å². The van der Waals surface area contributed by atoms with Crippen LogP contribution in [0.25, 0.3) is 11.3 Å². The summed E-state index contributed by atoms with van der Waals surface area (Å²) in [5.41, 5.74) is 2.30. The SMILES string of the molecule is CCCC(=O)Nc1cccc(SC(C)C(=O)Nc2nc(-c3ccccc3Cl)cs2)c1. The molecule has 0 saturated heterocycles. The van der Waals surface area contributed by atoms with Crippen LogP contribution in [0.15, 0.2) is 58.8 Å². The lowest BCUT2D eigenvalue weighted by atomic mass is 10.2. The first kappa shape index (κ1) is 22.3. The molecule has 2 amide bonds. The minimum Gasteiger partial charge on any atom is -0.326 e. The van der Waals surface area contributed by atoms with Gasteiger partial charge in [-0.3, -0.25) is 9.59 Å². The van der Waals surface area contributed by atoms with E-state index in [1.807, 2.05) is 67.8 Å². The van der Waals surface area contributed by atoms with Crippen LogP contribution in [-0.2, 0) is 9.59 Å². The van der Waals surface area contributed by atoms with Gasteiger partial charge in [0.25, 0.3) is 0 Å². The molecule has 0 saturated carbocycles. The van der Waals surface area contributed by atoms with Crippen molar-refractivity contribution in [3.05, 3.63) is 58.9 Å². The molecule has 1 aromatic heterocycles. The standard InChI is InChI=1S/C22H22ClN3O2S2/c1-3-7-20(27)24-15-8-6-9-16(12-15)30-14(2)21(28)26-22-25-19(13-29-22)17-10-4-5-11-18(17)23/h4-6,8-14H,3,7H2,1-2H3,(H,24,27)(H,25,26,28). The molecule has 0 fully saturated rings. The van der Waals surface area contributed by atoms with E-state index in [1.165, 1.54) is 23.1 Å². The number of nitrogens with one attached hydrogen (secondary N) is 2. The Morgan fingerprint density at radius 3 is 2.73 bits per heavy atom. The fourth-order valence-corrected chi connectivity index (χ4v) is 4.56. The zero-order chi connectivity index (χ0) is 21.5. The van der Waals surface area contributed by atoms with Crippen LogP contribution in [0.4, 0.5) is 10.8 Å². The van der Waals surface area contributed by atoms with Crippen molar-refractivity contribution in [3.63, 3.8) is 0 Å². The molecule has 8 heteroatoms. The van der Waals surface area contributed by atoms with Crippen molar-refractivity contribution in [1.82, 2.24) is 4.98 Å². The summed E-state index contributed by atoms with van der Waals surface area (Å²) in [6, 6.07) is 15.0. The number of amides is 2. The molecule has 2 N–H and O–H groups in total. The first-order valence-corrected chi connectivity index (χ1v) is 11.7. The quantitative estimate of drug-likeness (QED) is 0.386. The van der Waals surface area contributed by atoms with Crippen LogP contribution in [0.2, 0.25) is 5.02 Å². The molecular formula is C22H22ClN3O2S2. The van der Waals surface area contributed by atoms with Gasteiger partial charge >= 0.3 is 0 Å². The molecule has 1 unspecified atom stereocenters. The Hall–Kier alpha value is -2.35. The van der Waals surface area contributed by atoms with Gasteiger partial charge in [0.15, 0.2) is 5.13 Å². The third-order valence-corrected chi connectivity index (χ3v) is 6.34. The molecular weight excluding hydrogens is 438 g/mol. The van der Waals surface area contributed by atoms with Crippen LogP contribution in [0.3, 0.4) is 0 Å². The van der Waals surface area contributed by atoms with E-state index >= 15 is 0 Å². The number of aromatic nitrogens is 1. The molecule has 3 aromatic rings. The number of nitrogens with zero attached hydrogens (tertiary/aromatic N) is 1. The summed E-state index contributed by atoms with van der Waals surface area (Å²) < 4.78 is 0. The maximum absolute atomic E-state index is 12.6. The Morgan fingerprint density at radius 2 is 1.97 bits per heavy atom. The number of benzene rings is 2. The minimum atomic E-state index is -0.334. The van der Waals surface area contributed by atoms with E-state index in [-0.39, 0.29) is 17.1 Å². The highest BCUT2D eigenvalue weighted by molar-refractivity contribution is 8.00. The zero-order valence-electron chi connectivity index (χ0n) is 16.6.